The van der Waals surface area contributed by atoms with Crippen LogP contribution in [0.4, 0.5) is 0 Å². The van der Waals surface area contributed by atoms with E-state index in [0.29, 0.717) is 6.04 Å². The predicted octanol–water partition coefficient (Wildman–Crippen LogP) is 5.23. The molecule has 0 amide bonds. The van der Waals surface area contributed by atoms with Gasteiger partial charge in [-0.15, -0.1) is 11.3 Å². The summed E-state index contributed by atoms with van der Waals surface area (Å²) in [7, 11) is 0. The third-order valence-electron chi connectivity index (χ3n) is 6.04. The fourth-order valence-corrected chi connectivity index (χ4v) is 7.41. The molecule has 1 atom stereocenters. The van der Waals surface area contributed by atoms with Gasteiger partial charge in [-0.25, -0.2) is 0 Å². The van der Waals surface area contributed by atoms with Crippen LogP contribution in [0.1, 0.15) is 49.9 Å². The molecule has 4 aliphatic rings. The van der Waals surface area contributed by atoms with Crippen molar-refractivity contribution in [3.63, 3.8) is 0 Å². The molecule has 0 spiro atoms. The van der Waals surface area contributed by atoms with Crippen molar-refractivity contribution < 1.29 is 0 Å². The molecular formula is C17H24BrNS. The molecule has 110 valence electrons. The lowest BCUT2D eigenvalue weighted by Crippen LogP contribution is -2.49. The molecule has 0 aliphatic heterocycles. The SMILES string of the molecule is CCNC(c1sccc1Br)C1C2CC3CC(C2)CC1C3. The number of halogens is 1. The number of rotatable bonds is 4. The Morgan fingerprint density at radius 2 is 1.85 bits per heavy atom. The van der Waals surface area contributed by atoms with Crippen LogP contribution in [0.3, 0.4) is 0 Å². The monoisotopic (exact) mass is 353 g/mol. The molecule has 1 aromatic rings. The van der Waals surface area contributed by atoms with Gasteiger partial charge in [0.25, 0.3) is 0 Å². The van der Waals surface area contributed by atoms with Crippen molar-refractivity contribution in [1.29, 1.82) is 0 Å². The molecule has 4 bridgehead atoms. The summed E-state index contributed by atoms with van der Waals surface area (Å²) >= 11 is 5.71. The number of hydrogen-bond acceptors (Lipinski definition) is 2. The minimum absolute atomic E-state index is 0.587. The van der Waals surface area contributed by atoms with Gasteiger partial charge in [-0.05, 0) is 95.6 Å². The summed E-state index contributed by atoms with van der Waals surface area (Å²) in [4.78, 5) is 1.55. The standard InChI is InChI=1S/C17H24BrNS/c1-2-19-16(17-14(18)3-4-20-17)15-12-6-10-5-11(8-12)9-13(15)7-10/h3-4,10-13,15-16,19H,2,5-9H2,1H3. The van der Waals surface area contributed by atoms with Gasteiger partial charge in [0, 0.05) is 15.4 Å². The van der Waals surface area contributed by atoms with E-state index in [1.165, 1.54) is 30.2 Å². The molecule has 0 radical (unpaired) electrons. The van der Waals surface area contributed by atoms with Crippen LogP contribution in [0.25, 0.3) is 0 Å². The van der Waals surface area contributed by atoms with E-state index in [0.717, 1.165) is 36.1 Å². The first-order valence-electron chi connectivity index (χ1n) is 8.22. The Hall–Kier alpha value is 0.140. The lowest BCUT2D eigenvalue weighted by Gasteiger charge is -2.56. The predicted molar refractivity (Wildman–Crippen MR) is 89.0 cm³/mol. The van der Waals surface area contributed by atoms with Gasteiger partial charge >= 0.3 is 0 Å². The highest BCUT2D eigenvalue weighted by Gasteiger charge is 2.50. The van der Waals surface area contributed by atoms with Crippen molar-refractivity contribution in [3.8, 4) is 0 Å². The quantitative estimate of drug-likeness (QED) is 0.780. The molecule has 4 aliphatic carbocycles. The summed E-state index contributed by atoms with van der Waals surface area (Å²) in [6, 6.07) is 2.81. The zero-order valence-corrected chi connectivity index (χ0v) is 14.6. The second kappa shape index (κ2) is 5.40. The Morgan fingerprint density at radius 3 is 2.35 bits per heavy atom. The Labute approximate surface area is 134 Å². The maximum absolute atomic E-state index is 3.83. The van der Waals surface area contributed by atoms with Gasteiger partial charge in [0.2, 0.25) is 0 Å². The second-order valence-corrected chi connectivity index (χ2v) is 8.98. The smallest absolute Gasteiger partial charge is 0.0460 e. The Morgan fingerprint density at radius 1 is 1.20 bits per heavy atom. The number of hydrogen-bond donors (Lipinski definition) is 1. The van der Waals surface area contributed by atoms with Gasteiger partial charge in [0.05, 0.1) is 0 Å². The van der Waals surface area contributed by atoms with Crippen molar-refractivity contribution in [1.82, 2.24) is 5.32 Å². The maximum atomic E-state index is 3.83. The molecule has 1 unspecified atom stereocenters. The van der Waals surface area contributed by atoms with Gasteiger partial charge < -0.3 is 5.32 Å². The van der Waals surface area contributed by atoms with Gasteiger partial charge in [-0.2, -0.15) is 0 Å². The average molecular weight is 354 g/mol. The number of nitrogens with one attached hydrogen (secondary N) is 1. The molecule has 4 saturated carbocycles. The largest absolute Gasteiger partial charge is 0.309 e. The molecule has 5 rings (SSSR count). The molecular weight excluding hydrogens is 330 g/mol. The molecule has 0 aromatic carbocycles. The summed E-state index contributed by atoms with van der Waals surface area (Å²) in [5.74, 6) is 5.01. The summed E-state index contributed by atoms with van der Waals surface area (Å²) in [6.45, 7) is 3.34. The van der Waals surface area contributed by atoms with Crippen molar-refractivity contribution in [2.75, 3.05) is 6.54 Å². The zero-order valence-electron chi connectivity index (χ0n) is 12.1. The highest BCUT2D eigenvalue weighted by atomic mass is 79.9. The summed E-state index contributed by atoms with van der Waals surface area (Å²) in [5, 5.41) is 6.07. The van der Waals surface area contributed by atoms with Crippen LogP contribution < -0.4 is 5.32 Å². The minimum atomic E-state index is 0.587. The highest BCUT2D eigenvalue weighted by Crippen LogP contribution is 2.59. The minimum Gasteiger partial charge on any atom is -0.309 e. The molecule has 1 aromatic heterocycles. The molecule has 4 fully saturated rings. The molecule has 20 heavy (non-hydrogen) atoms. The van der Waals surface area contributed by atoms with Crippen LogP contribution in [0.2, 0.25) is 0 Å². The third-order valence-corrected chi connectivity index (χ3v) is 7.99. The fourth-order valence-electron chi connectivity index (χ4n) is 5.66. The topological polar surface area (TPSA) is 12.0 Å². The van der Waals surface area contributed by atoms with E-state index in [4.69, 9.17) is 0 Å². The first-order valence-corrected chi connectivity index (χ1v) is 9.89. The van der Waals surface area contributed by atoms with Gasteiger partial charge in [0.1, 0.15) is 0 Å². The Bertz CT molecular complexity index is 455. The van der Waals surface area contributed by atoms with E-state index in [2.05, 4.69) is 39.6 Å². The summed E-state index contributed by atoms with van der Waals surface area (Å²) < 4.78 is 1.32. The Kier molecular flexibility index (Phi) is 3.72. The van der Waals surface area contributed by atoms with Crippen LogP contribution in [0.15, 0.2) is 15.9 Å². The van der Waals surface area contributed by atoms with E-state index in [9.17, 15) is 0 Å². The summed E-state index contributed by atoms with van der Waals surface area (Å²) in [5.41, 5.74) is 0. The lowest BCUT2D eigenvalue weighted by atomic mass is 9.50. The van der Waals surface area contributed by atoms with E-state index >= 15 is 0 Å². The van der Waals surface area contributed by atoms with E-state index in [1.807, 2.05) is 11.3 Å². The van der Waals surface area contributed by atoms with Crippen molar-refractivity contribution in [2.24, 2.45) is 29.6 Å². The Balaban J connectivity index is 1.65. The first kappa shape index (κ1) is 13.8. The normalized spacial score (nSPS) is 40.2. The van der Waals surface area contributed by atoms with Crippen molar-refractivity contribution >= 4 is 27.3 Å². The molecule has 3 heteroatoms. The first-order chi connectivity index (χ1) is 9.76. The van der Waals surface area contributed by atoms with Crippen LogP contribution in [-0.2, 0) is 0 Å². The maximum Gasteiger partial charge on any atom is 0.0460 e. The van der Waals surface area contributed by atoms with Crippen molar-refractivity contribution in [3.05, 3.63) is 20.8 Å². The lowest BCUT2D eigenvalue weighted by molar-refractivity contribution is -0.0519. The van der Waals surface area contributed by atoms with E-state index < -0.39 is 0 Å². The van der Waals surface area contributed by atoms with Crippen LogP contribution in [0, 0.1) is 29.6 Å². The number of thiophene rings is 1. The van der Waals surface area contributed by atoms with E-state index in [1.54, 1.807) is 11.3 Å². The van der Waals surface area contributed by atoms with Crippen LogP contribution in [0.5, 0.6) is 0 Å². The fraction of sp³-hybridized carbons (Fsp3) is 0.765. The zero-order chi connectivity index (χ0) is 13.7. The second-order valence-electron chi connectivity index (χ2n) is 7.18. The average Bonchev–Trinajstić information content (AvgIpc) is 2.82. The molecule has 1 nitrogen and oxygen atoms in total. The third kappa shape index (κ3) is 2.21. The van der Waals surface area contributed by atoms with Gasteiger partial charge in [0.15, 0.2) is 0 Å². The van der Waals surface area contributed by atoms with Crippen molar-refractivity contribution in [2.45, 2.75) is 45.1 Å². The molecule has 1 N–H and O–H groups in total. The van der Waals surface area contributed by atoms with Gasteiger partial charge in [-0.1, -0.05) is 6.92 Å². The molecule has 1 heterocycles. The summed E-state index contributed by atoms with van der Waals surface area (Å²) in [6.07, 6.45) is 7.62. The van der Waals surface area contributed by atoms with Crippen LogP contribution in [-0.4, -0.2) is 6.54 Å². The highest BCUT2D eigenvalue weighted by molar-refractivity contribution is 9.10. The molecule has 0 saturated heterocycles. The van der Waals surface area contributed by atoms with Gasteiger partial charge in [-0.3, -0.25) is 0 Å². The van der Waals surface area contributed by atoms with Crippen LogP contribution >= 0.6 is 27.3 Å². The van der Waals surface area contributed by atoms with E-state index in [-0.39, 0.29) is 0 Å².